The molecule has 11 heterocycles. The Bertz CT molecular complexity index is 3490. The average Bonchev–Trinajstić information content (AvgIpc) is 3.44. The zero-order valence-corrected chi connectivity index (χ0v) is 48.4. The molecule has 11 rings (SSSR count). The molecule has 6 N–H and O–H groups in total. The molecule has 82 heavy (non-hydrogen) atoms. The van der Waals surface area contributed by atoms with Crippen molar-refractivity contribution in [2.24, 2.45) is 0 Å². The Hall–Kier alpha value is -6.64. The lowest BCUT2D eigenvalue weighted by molar-refractivity contribution is -0.112. The normalized spacial score (nSPS) is 29.8. The number of fused-ring (bicyclic) bond motifs is 6. The summed E-state index contributed by atoms with van der Waals surface area (Å²) < 4.78 is 38.0. The number of nitrogens with one attached hydrogen (secondary N) is 4. The zero-order valence-electron chi connectivity index (χ0n) is 47.5. The summed E-state index contributed by atoms with van der Waals surface area (Å²) >= 11 is 0. The van der Waals surface area contributed by atoms with E-state index in [4.69, 9.17) is 29.8 Å². The predicted molar refractivity (Wildman–Crippen MR) is 299 cm³/mol. The number of aromatic nitrogens is 10. The fourth-order valence-corrected chi connectivity index (χ4v) is 13.7. The molecule has 6 aliphatic heterocycles. The Balaban J connectivity index is 0.000000158. The van der Waals surface area contributed by atoms with Gasteiger partial charge < -0.3 is 53.4 Å². The number of morpholine rings is 3. The summed E-state index contributed by atoms with van der Waals surface area (Å²) in [6, 6.07) is 2.39. The number of aryl methyl sites for hydroxylation is 3. The second-order valence-corrected chi connectivity index (χ2v) is 23.3. The molecule has 0 spiro atoms. The summed E-state index contributed by atoms with van der Waals surface area (Å²) in [5.41, 5.74) is -3.92. The summed E-state index contributed by atoms with van der Waals surface area (Å²) in [5, 5.41) is 24.3. The van der Waals surface area contributed by atoms with Gasteiger partial charge in [-0.2, -0.15) is 0 Å². The van der Waals surface area contributed by atoms with Crippen molar-refractivity contribution in [2.45, 2.75) is 173 Å². The van der Waals surface area contributed by atoms with Crippen LogP contribution in [0, 0.1) is 27.3 Å². The lowest BCUT2D eigenvalue weighted by Gasteiger charge is -2.38. The maximum absolute atomic E-state index is 13.0. The minimum absolute atomic E-state index is 0.125. The highest BCUT2D eigenvalue weighted by atomic mass is 31.2. The van der Waals surface area contributed by atoms with Crippen molar-refractivity contribution in [3.63, 3.8) is 0 Å². The molecule has 0 saturated carbocycles. The van der Waals surface area contributed by atoms with Crippen LogP contribution in [-0.4, -0.2) is 162 Å². The van der Waals surface area contributed by atoms with Gasteiger partial charge in [0.25, 0.3) is 25.2 Å². The van der Waals surface area contributed by atoms with Gasteiger partial charge in [-0.3, -0.25) is 43.0 Å². The van der Waals surface area contributed by atoms with Crippen LogP contribution in [-0.2, 0) is 23.3 Å². The monoisotopic (exact) mass is 1160 g/mol. The first-order chi connectivity index (χ1) is 39.1. The summed E-state index contributed by atoms with van der Waals surface area (Å²) in [6.45, 7) is 28.3. The van der Waals surface area contributed by atoms with Crippen molar-refractivity contribution < 1.29 is 33.5 Å². The van der Waals surface area contributed by atoms with Crippen molar-refractivity contribution in [1.29, 1.82) is 0 Å². The van der Waals surface area contributed by atoms with Gasteiger partial charge in [0.2, 0.25) is 18.4 Å². The van der Waals surface area contributed by atoms with E-state index in [9.17, 15) is 39.0 Å². The van der Waals surface area contributed by atoms with Crippen LogP contribution in [0.25, 0.3) is 4.85 Å². The number of aliphatic hydroxyl groups is 2. The van der Waals surface area contributed by atoms with Crippen LogP contribution in [0.1, 0.15) is 103 Å². The van der Waals surface area contributed by atoms with Gasteiger partial charge in [-0.25, -0.2) is 45.6 Å². The first kappa shape index (κ1) is 60.0. The Morgan fingerprint density at radius 2 is 1.10 bits per heavy atom. The first-order valence-electron chi connectivity index (χ1n) is 27.5. The average molecular weight is 1160 g/mol. The van der Waals surface area contributed by atoms with E-state index in [0.29, 0.717) is 67.5 Å². The topological polar surface area (TPSA) is 329 Å². The van der Waals surface area contributed by atoms with Gasteiger partial charge in [0.15, 0.2) is 18.7 Å². The number of H-pyrrole nitrogens is 3. The fraction of sp³-hybridized carbons (Fsp3) is 0.604. The molecule has 13 atom stereocenters. The number of rotatable bonds is 16. The molecule has 28 nitrogen and oxygen atoms in total. The van der Waals surface area contributed by atoms with E-state index in [1.54, 1.807) is 57.7 Å². The molecular formula is C53H72N15O13P. The second-order valence-electron chi connectivity index (χ2n) is 21.9. The van der Waals surface area contributed by atoms with Crippen LogP contribution >= 0.6 is 8.53 Å². The van der Waals surface area contributed by atoms with Gasteiger partial charge in [0.05, 0.1) is 19.1 Å². The standard InChI is InChI=1S/C25H36N7O5P.C16H19N5O4.C12H17N3O4/c1-8-25-15-31(23-27-10-9-11-28-23)19(22(36-25)30-14-18(6)21(33)29-24(30)34)20(25)37-38(35-13-12-26-7)32(16(2)3)17(4)5;1-3-16-8-21(14-17-5-4-6-18-14)10(11(16)22)13(25-16)20-7-9(2)12(23)19-15(20)24;1-3-12-5-13-7(8(12)16)10(19-12)15-4-6(2)9(17)14-11(15)18/h9-11,14,16-17,19-20,22H,8,12-13,15H2,1-6H3,(H,29,33,34);4-7,10-11,13,22H,3,8H2,1-2H3,(H,19,23,24);4,7-8,10,13,16H,3,5H2,1-2H3,(H,14,17,18)/t19-,20+,22?,25+,38?;10-,11+,13-,16+;7-,8+,10-,12+/m111/s1. The molecule has 0 aliphatic carbocycles. The molecule has 6 fully saturated rings. The highest BCUT2D eigenvalue weighted by Gasteiger charge is 2.67. The van der Waals surface area contributed by atoms with Crippen LogP contribution in [0.4, 0.5) is 11.9 Å². The molecule has 6 aliphatic rings. The molecule has 2 unspecified atom stereocenters. The lowest BCUT2D eigenvalue weighted by Crippen LogP contribution is -2.49. The zero-order chi connectivity index (χ0) is 59.2. The third-order valence-corrected chi connectivity index (χ3v) is 18.4. The van der Waals surface area contributed by atoms with Crippen LogP contribution in [0.5, 0.6) is 0 Å². The van der Waals surface area contributed by atoms with Crippen molar-refractivity contribution >= 4 is 20.4 Å². The van der Waals surface area contributed by atoms with Crippen molar-refractivity contribution in [1.82, 2.24) is 58.6 Å². The first-order valence-corrected chi connectivity index (χ1v) is 28.6. The number of aromatic amines is 3. The van der Waals surface area contributed by atoms with Gasteiger partial charge in [0, 0.05) is 78.7 Å². The lowest BCUT2D eigenvalue weighted by atomic mass is 9.96. The van der Waals surface area contributed by atoms with Crippen LogP contribution < -0.4 is 48.9 Å². The smallest absolute Gasteiger partial charge is 0.330 e. The van der Waals surface area contributed by atoms with Crippen molar-refractivity contribution in [3.8, 4) is 0 Å². The van der Waals surface area contributed by atoms with Gasteiger partial charge in [-0.1, -0.05) is 20.8 Å². The Kier molecular flexibility index (Phi) is 17.5. The van der Waals surface area contributed by atoms with E-state index in [1.165, 1.54) is 32.3 Å². The third kappa shape index (κ3) is 10.8. The van der Waals surface area contributed by atoms with Crippen LogP contribution in [0.15, 0.2) is 84.3 Å². The van der Waals surface area contributed by atoms with Crippen LogP contribution in [0.3, 0.4) is 0 Å². The molecule has 6 saturated heterocycles. The maximum atomic E-state index is 13.0. The Morgan fingerprint density at radius 3 is 1.54 bits per heavy atom. The predicted octanol–water partition coefficient (Wildman–Crippen LogP) is 1.29. The van der Waals surface area contributed by atoms with Gasteiger partial charge in [0.1, 0.15) is 53.8 Å². The third-order valence-electron chi connectivity index (χ3n) is 16.3. The van der Waals surface area contributed by atoms with Crippen molar-refractivity contribution in [2.75, 3.05) is 42.6 Å². The number of ether oxygens (including phenoxy) is 3. The summed E-state index contributed by atoms with van der Waals surface area (Å²) in [5.74, 6) is 0.983. The number of hydrogen-bond donors (Lipinski definition) is 6. The van der Waals surface area contributed by atoms with Crippen LogP contribution in [0.2, 0.25) is 0 Å². The molecule has 442 valence electrons. The van der Waals surface area contributed by atoms with E-state index >= 15 is 0 Å². The van der Waals surface area contributed by atoms with Gasteiger partial charge >= 0.3 is 17.1 Å². The molecule has 6 bridgehead atoms. The van der Waals surface area contributed by atoms with E-state index in [1.807, 2.05) is 30.6 Å². The van der Waals surface area contributed by atoms with Gasteiger partial charge in [-0.05, 0) is 79.9 Å². The minimum Gasteiger partial charge on any atom is -0.388 e. The van der Waals surface area contributed by atoms with Gasteiger partial charge in [-0.15, -0.1) is 0 Å². The Morgan fingerprint density at radius 1 is 0.671 bits per heavy atom. The highest BCUT2D eigenvalue weighted by molar-refractivity contribution is 7.44. The van der Waals surface area contributed by atoms with Crippen molar-refractivity contribution in [3.05, 3.63) is 146 Å². The maximum Gasteiger partial charge on any atom is 0.330 e. The molecular weight excluding hydrogens is 1090 g/mol. The SMILES string of the molecule is CC[C@@]12CN(c3ncccn3)[C@@H]([C@H](n3cc(C)c(=O)[nH]c3=O)O1)[C@@H]2O.CC[C@@]12CN[C@@H]([C@H](n3cc(C)c(=O)[nH]c3=O)O1)[C@@H]2O.[C-]#[N+]CCOP(O[C@H]1[C@@H]2C(n3cc(C)c(=O)[nH]c3=O)O[C@@]1(CC)CN2c1ncccn1)N(C(C)C)C(C)C. The molecule has 0 radical (unpaired) electrons. The molecule has 5 aromatic rings. The summed E-state index contributed by atoms with van der Waals surface area (Å²) in [4.78, 5) is 104. The molecule has 0 aromatic carbocycles. The number of hydrogen-bond acceptors (Lipinski definition) is 21. The molecule has 0 amide bonds. The summed E-state index contributed by atoms with van der Waals surface area (Å²) in [7, 11) is -1.57. The van der Waals surface area contributed by atoms with E-state index in [-0.39, 0.29) is 31.3 Å². The highest BCUT2D eigenvalue weighted by Crippen LogP contribution is 2.57. The minimum atomic E-state index is -1.57. The number of aliphatic hydroxyl groups excluding tert-OH is 2. The van der Waals surface area contributed by atoms with E-state index < -0.39 is 108 Å². The van der Waals surface area contributed by atoms with E-state index in [0.717, 1.165) is 0 Å². The second kappa shape index (κ2) is 23.9. The van der Waals surface area contributed by atoms with E-state index in [2.05, 4.69) is 77.4 Å². The quantitative estimate of drug-likeness (QED) is 0.0460. The number of anilines is 2. The largest absolute Gasteiger partial charge is 0.388 e. The molecule has 29 heteroatoms. The fourth-order valence-electron chi connectivity index (χ4n) is 11.9. The summed E-state index contributed by atoms with van der Waals surface area (Å²) in [6.07, 6.45) is 8.87. The Labute approximate surface area is 472 Å². The molecule has 5 aromatic heterocycles. The number of nitrogens with zero attached hydrogens (tertiary/aromatic N) is 11.